The summed E-state index contributed by atoms with van der Waals surface area (Å²) < 4.78 is 29.6. The number of benzene rings is 4. The quantitative estimate of drug-likeness (QED) is 0.0737. The minimum absolute atomic E-state index is 0.180. The van der Waals surface area contributed by atoms with Crippen LogP contribution in [-0.2, 0) is 40.5 Å². The van der Waals surface area contributed by atoms with E-state index in [0.717, 1.165) is 34.4 Å². The Morgan fingerprint density at radius 2 is 1.65 bits per heavy atom. The number of nitrogens with zero attached hydrogens (tertiary/aromatic N) is 1. The average molecular weight is 799 g/mol. The lowest BCUT2D eigenvalue weighted by molar-refractivity contribution is -0.159. The summed E-state index contributed by atoms with van der Waals surface area (Å²) in [6.45, 7) is 2.53. The predicted octanol–water partition coefficient (Wildman–Crippen LogP) is 3.67. The molecule has 3 amide bonds. The number of carbonyl (C=O) groups is 5. The molecule has 0 aliphatic carbocycles. The van der Waals surface area contributed by atoms with Crippen molar-refractivity contribution in [1.82, 2.24) is 10.6 Å². The SMILES string of the molecule is CC(C)(c1ccccc1)[C@@H](N)C(=O)NCC(=O)OC(=O)CNC(=O)COc1ccc(C2[C@@H](SC[C@H](O)c3ccc4c(c3)CCO4)C(=O)N2c2ccc(F)cc2)cc1. The minimum Gasteiger partial charge on any atom is -0.493 e. The van der Waals surface area contributed by atoms with Gasteiger partial charge < -0.3 is 40.6 Å². The van der Waals surface area contributed by atoms with E-state index in [-0.39, 0.29) is 11.7 Å². The zero-order valence-electron chi connectivity index (χ0n) is 31.3. The Hall–Kier alpha value is -5.77. The molecular formula is C42H43FN4O9S. The van der Waals surface area contributed by atoms with Crippen molar-refractivity contribution in [3.05, 3.63) is 125 Å². The van der Waals surface area contributed by atoms with Gasteiger partial charge in [0.25, 0.3) is 5.91 Å². The van der Waals surface area contributed by atoms with Gasteiger partial charge in [0.2, 0.25) is 11.8 Å². The number of carbonyl (C=O) groups excluding carboxylic acids is 5. The Bertz CT molecular complexity index is 2100. The minimum atomic E-state index is -1.04. The highest BCUT2D eigenvalue weighted by atomic mass is 32.2. The van der Waals surface area contributed by atoms with Crippen LogP contribution in [0, 0.1) is 5.82 Å². The molecule has 4 atom stereocenters. The number of halogens is 1. The smallest absolute Gasteiger partial charge is 0.333 e. The Kier molecular flexibility index (Phi) is 12.9. The highest BCUT2D eigenvalue weighted by Crippen LogP contribution is 2.46. The van der Waals surface area contributed by atoms with Gasteiger partial charge in [0.1, 0.15) is 35.7 Å². The molecule has 5 N–H and O–H groups in total. The molecule has 298 valence electrons. The van der Waals surface area contributed by atoms with Crippen molar-refractivity contribution in [2.24, 2.45) is 5.73 Å². The predicted molar refractivity (Wildman–Crippen MR) is 210 cm³/mol. The molecule has 2 heterocycles. The van der Waals surface area contributed by atoms with Crippen molar-refractivity contribution in [2.75, 3.05) is 37.0 Å². The molecule has 0 bridgehead atoms. The van der Waals surface area contributed by atoms with Crippen molar-refractivity contribution in [3.63, 3.8) is 0 Å². The van der Waals surface area contributed by atoms with Gasteiger partial charge in [0.05, 0.1) is 24.8 Å². The number of aliphatic hydroxyl groups excluding tert-OH is 1. The van der Waals surface area contributed by atoms with E-state index in [1.165, 1.54) is 36.0 Å². The molecule has 6 rings (SSSR count). The van der Waals surface area contributed by atoms with Crippen molar-refractivity contribution >= 4 is 47.1 Å². The van der Waals surface area contributed by atoms with Crippen LogP contribution in [0.25, 0.3) is 0 Å². The summed E-state index contributed by atoms with van der Waals surface area (Å²) in [7, 11) is 0. The Labute approximate surface area is 333 Å². The van der Waals surface area contributed by atoms with Crippen molar-refractivity contribution < 1.29 is 47.7 Å². The molecule has 4 aromatic rings. The first kappa shape index (κ1) is 40.9. The number of hydrogen-bond acceptors (Lipinski definition) is 11. The third-order valence-corrected chi connectivity index (χ3v) is 11.2. The molecule has 0 radical (unpaired) electrons. The van der Waals surface area contributed by atoms with Crippen LogP contribution in [0.2, 0.25) is 0 Å². The largest absolute Gasteiger partial charge is 0.493 e. The van der Waals surface area contributed by atoms with Crippen molar-refractivity contribution in [3.8, 4) is 11.5 Å². The molecule has 1 fully saturated rings. The van der Waals surface area contributed by atoms with Gasteiger partial charge in [0, 0.05) is 23.3 Å². The number of ether oxygens (including phenoxy) is 3. The molecule has 57 heavy (non-hydrogen) atoms. The summed E-state index contributed by atoms with van der Waals surface area (Å²) in [5.41, 5.74) is 9.31. The summed E-state index contributed by atoms with van der Waals surface area (Å²) in [4.78, 5) is 64.5. The number of hydrogen-bond donors (Lipinski definition) is 4. The number of nitrogens with one attached hydrogen (secondary N) is 2. The molecule has 0 spiro atoms. The lowest BCUT2D eigenvalue weighted by atomic mass is 9.78. The van der Waals surface area contributed by atoms with E-state index in [0.29, 0.717) is 18.0 Å². The molecule has 4 aromatic carbocycles. The van der Waals surface area contributed by atoms with Crippen LogP contribution < -0.4 is 30.7 Å². The second kappa shape index (κ2) is 18.0. The van der Waals surface area contributed by atoms with E-state index >= 15 is 0 Å². The molecule has 2 aliphatic heterocycles. The maximum absolute atomic E-state index is 13.7. The van der Waals surface area contributed by atoms with Crippen LogP contribution in [-0.4, -0.2) is 78.1 Å². The van der Waals surface area contributed by atoms with Crippen molar-refractivity contribution in [1.29, 1.82) is 0 Å². The number of anilines is 1. The van der Waals surface area contributed by atoms with Crippen molar-refractivity contribution in [2.45, 2.75) is 49.1 Å². The molecule has 0 aromatic heterocycles. The average Bonchev–Trinajstić information content (AvgIpc) is 3.69. The zero-order valence-corrected chi connectivity index (χ0v) is 32.1. The van der Waals surface area contributed by atoms with Gasteiger partial charge in [-0.3, -0.25) is 14.4 Å². The number of β-lactam (4-membered cyclic amide) rings is 1. The van der Waals surface area contributed by atoms with Crippen LogP contribution >= 0.6 is 11.8 Å². The van der Waals surface area contributed by atoms with E-state index in [1.54, 1.807) is 43.0 Å². The normalized spacial score (nSPS) is 17.0. The first-order valence-corrected chi connectivity index (χ1v) is 19.3. The number of thioether (sulfide) groups is 1. The molecule has 0 saturated carbocycles. The number of fused-ring (bicyclic) bond motifs is 1. The first-order valence-electron chi connectivity index (χ1n) is 18.3. The number of aliphatic hydroxyl groups is 1. The maximum Gasteiger partial charge on any atom is 0.333 e. The van der Waals surface area contributed by atoms with Crippen LogP contribution in [0.15, 0.2) is 97.1 Å². The van der Waals surface area contributed by atoms with Gasteiger partial charge in [-0.05, 0) is 70.8 Å². The van der Waals surface area contributed by atoms with Gasteiger partial charge in [-0.2, -0.15) is 0 Å². The second-order valence-electron chi connectivity index (χ2n) is 14.1. The van der Waals surface area contributed by atoms with Crippen LogP contribution in [0.4, 0.5) is 10.1 Å². The molecular weight excluding hydrogens is 756 g/mol. The molecule has 15 heteroatoms. The third kappa shape index (κ3) is 9.79. The Morgan fingerprint density at radius 3 is 2.35 bits per heavy atom. The zero-order chi connectivity index (χ0) is 40.7. The number of rotatable bonds is 16. The van der Waals surface area contributed by atoms with Crippen LogP contribution in [0.3, 0.4) is 0 Å². The Balaban J connectivity index is 0.970. The lowest BCUT2D eigenvalue weighted by Gasteiger charge is -2.47. The number of esters is 2. The first-order chi connectivity index (χ1) is 27.3. The third-order valence-electron chi connectivity index (χ3n) is 9.92. The highest BCUT2D eigenvalue weighted by molar-refractivity contribution is 8.00. The van der Waals surface area contributed by atoms with E-state index in [1.807, 2.05) is 48.5 Å². The standard InChI is InChI=1S/C42H43FN4O9S/c1-42(2,28-6-4-3-5-7-28)39(44)40(52)46-22-36(51)56-35(50)21-45-34(49)23-55-31-15-8-25(9-16-31)37-38(41(53)47(37)30-13-11-29(43)12-14-30)57-24-32(48)26-10-17-33-27(20-26)18-19-54-33/h3-17,20,32,37-39,48H,18-19,21-24,44H2,1-2H3,(H,45,49)(H,46,52)/t32-,37?,38+,39-/m0/s1. The fraction of sp³-hybridized carbons (Fsp3) is 0.310. The van der Waals surface area contributed by atoms with E-state index in [9.17, 15) is 33.5 Å². The van der Waals surface area contributed by atoms with Crippen LogP contribution in [0.5, 0.6) is 11.5 Å². The summed E-state index contributed by atoms with van der Waals surface area (Å²) in [5, 5.41) is 15.2. The molecule has 2 aliphatic rings. The van der Waals surface area contributed by atoms with E-state index < -0.39 is 78.1 Å². The summed E-state index contributed by atoms with van der Waals surface area (Å²) in [6, 6.07) is 25.8. The summed E-state index contributed by atoms with van der Waals surface area (Å²) in [6.07, 6.45) is -0.0382. The number of nitrogens with two attached hydrogens (primary N) is 1. The number of amides is 3. The van der Waals surface area contributed by atoms with Gasteiger partial charge in [0.15, 0.2) is 6.61 Å². The lowest BCUT2D eigenvalue weighted by Crippen LogP contribution is -2.57. The highest BCUT2D eigenvalue weighted by Gasteiger charge is 2.49. The monoisotopic (exact) mass is 798 g/mol. The molecule has 1 saturated heterocycles. The second-order valence-corrected chi connectivity index (χ2v) is 15.3. The maximum atomic E-state index is 13.7. The fourth-order valence-electron chi connectivity index (χ4n) is 6.52. The van der Waals surface area contributed by atoms with E-state index in [4.69, 9.17) is 19.9 Å². The molecule has 13 nitrogen and oxygen atoms in total. The van der Waals surface area contributed by atoms with Gasteiger partial charge in [-0.1, -0.05) is 62.4 Å². The molecule has 1 unspecified atom stereocenters. The summed E-state index contributed by atoms with van der Waals surface area (Å²) in [5.74, 6) is -2.53. The van der Waals surface area contributed by atoms with Gasteiger partial charge >= 0.3 is 11.9 Å². The van der Waals surface area contributed by atoms with Gasteiger partial charge in [-0.15, -0.1) is 11.8 Å². The fourth-order valence-corrected chi connectivity index (χ4v) is 7.82. The van der Waals surface area contributed by atoms with Gasteiger partial charge in [-0.25, -0.2) is 14.0 Å². The Morgan fingerprint density at radius 1 is 0.965 bits per heavy atom. The van der Waals surface area contributed by atoms with Crippen LogP contribution in [0.1, 0.15) is 48.2 Å². The topological polar surface area (TPSA) is 187 Å². The van der Waals surface area contributed by atoms with E-state index in [2.05, 4.69) is 10.6 Å². The summed E-state index contributed by atoms with van der Waals surface area (Å²) >= 11 is 1.33.